The summed E-state index contributed by atoms with van der Waals surface area (Å²) in [6, 6.07) is 12.8. The molecule has 4 nitrogen and oxygen atoms in total. The maximum Gasteiger partial charge on any atom is 0.127 e. The summed E-state index contributed by atoms with van der Waals surface area (Å²) in [6.45, 7) is 1.93. The van der Waals surface area contributed by atoms with Gasteiger partial charge in [0.2, 0.25) is 0 Å². The molecular weight excluding hydrogens is 268 g/mol. The summed E-state index contributed by atoms with van der Waals surface area (Å²) in [6.07, 6.45) is -0.758. The lowest BCUT2D eigenvalue weighted by molar-refractivity contribution is 0.106. The highest BCUT2D eigenvalue weighted by Gasteiger charge is 2.12. The molecule has 0 aliphatic rings. The molecule has 0 saturated carbocycles. The second-order valence-corrected chi connectivity index (χ2v) is 4.82. The maximum absolute atomic E-state index is 10.2. The summed E-state index contributed by atoms with van der Waals surface area (Å²) in [7, 11) is 1.59. The van der Waals surface area contributed by atoms with Crippen molar-refractivity contribution in [1.29, 1.82) is 0 Å². The summed E-state index contributed by atoms with van der Waals surface area (Å²) in [5.74, 6) is 1.32. The third-order valence-corrected chi connectivity index (χ3v) is 3.33. The summed E-state index contributed by atoms with van der Waals surface area (Å²) in [5.41, 5.74) is 2.38. The van der Waals surface area contributed by atoms with E-state index in [1.807, 2.05) is 37.3 Å². The Labute approximate surface area is 124 Å². The van der Waals surface area contributed by atoms with E-state index in [4.69, 9.17) is 9.47 Å². The molecule has 2 aromatic carbocycles. The second kappa shape index (κ2) is 7.11. The highest BCUT2D eigenvalue weighted by atomic mass is 16.5. The van der Waals surface area contributed by atoms with Crippen molar-refractivity contribution in [2.24, 2.45) is 0 Å². The zero-order valence-electron chi connectivity index (χ0n) is 12.2. The number of aryl methyl sites for hydroxylation is 1. The van der Waals surface area contributed by atoms with Crippen LogP contribution in [0.15, 0.2) is 42.5 Å². The molecule has 0 amide bonds. The van der Waals surface area contributed by atoms with Gasteiger partial charge in [-0.05, 0) is 30.2 Å². The van der Waals surface area contributed by atoms with Crippen molar-refractivity contribution < 1.29 is 19.7 Å². The van der Waals surface area contributed by atoms with Gasteiger partial charge in [0, 0.05) is 5.56 Å². The Bertz CT molecular complexity index is 595. The van der Waals surface area contributed by atoms with Gasteiger partial charge >= 0.3 is 0 Å². The van der Waals surface area contributed by atoms with Crippen molar-refractivity contribution in [2.45, 2.75) is 19.6 Å². The lowest BCUT2D eigenvalue weighted by atomic mass is 10.1. The van der Waals surface area contributed by atoms with Crippen LogP contribution in [0.25, 0.3) is 0 Å². The summed E-state index contributed by atoms with van der Waals surface area (Å²) in [5, 5.41) is 19.5. The minimum Gasteiger partial charge on any atom is -0.497 e. The zero-order chi connectivity index (χ0) is 15.2. The van der Waals surface area contributed by atoms with Gasteiger partial charge in [-0.1, -0.05) is 30.3 Å². The minimum atomic E-state index is -0.758. The van der Waals surface area contributed by atoms with Gasteiger partial charge in [0.15, 0.2) is 0 Å². The number of hydrogen-bond acceptors (Lipinski definition) is 4. The Kier molecular flexibility index (Phi) is 5.20. The van der Waals surface area contributed by atoms with Gasteiger partial charge in [-0.3, -0.25) is 0 Å². The van der Waals surface area contributed by atoms with E-state index >= 15 is 0 Å². The van der Waals surface area contributed by atoms with Gasteiger partial charge in [0.1, 0.15) is 24.2 Å². The van der Waals surface area contributed by atoms with E-state index in [9.17, 15) is 10.2 Å². The Balaban J connectivity index is 2.09. The molecule has 0 heterocycles. The van der Waals surface area contributed by atoms with Gasteiger partial charge < -0.3 is 19.7 Å². The van der Waals surface area contributed by atoms with Crippen molar-refractivity contribution in [2.75, 3.05) is 13.7 Å². The van der Waals surface area contributed by atoms with Crippen LogP contribution in [0, 0.1) is 6.92 Å². The summed E-state index contributed by atoms with van der Waals surface area (Å²) in [4.78, 5) is 0. The van der Waals surface area contributed by atoms with Crippen LogP contribution in [0.3, 0.4) is 0 Å². The fourth-order valence-electron chi connectivity index (χ4n) is 2.15. The number of aliphatic hydroxyl groups is 2. The first-order valence-electron chi connectivity index (χ1n) is 6.80. The zero-order valence-corrected chi connectivity index (χ0v) is 12.2. The van der Waals surface area contributed by atoms with Crippen LogP contribution < -0.4 is 9.47 Å². The monoisotopic (exact) mass is 288 g/mol. The molecule has 0 bridgehead atoms. The Morgan fingerprint density at radius 3 is 2.62 bits per heavy atom. The van der Waals surface area contributed by atoms with Gasteiger partial charge in [0.05, 0.1) is 13.7 Å². The standard InChI is InChI=1S/C17H20O4/c1-12-5-3-7-14(10-18)17(12)21-11-16(19)13-6-4-8-15(9-13)20-2/h3-9,16,18-19H,10-11H2,1-2H3. The second-order valence-electron chi connectivity index (χ2n) is 4.82. The van der Waals surface area contributed by atoms with E-state index in [1.54, 1.807) is 19.2 Å². The number of benzene rings is 2. The van der Waals surface area contributed by atoms with Gasteiger partial charge in [-0.15, -0.1) is 0 Å². The largest absolute Gasteiger partial charge is 0.497 e. The molecule has 21 heavy (non-hydrogen) atoms. The third-order valence-electron chi connectivity index (χ3n) is 3.33. The van der Waals surface area contributed by atoms with Crippen molar-refractivity contribution in [3.8, 4) is 11.5 Å². The molecule has 0 aromatic heterocycles. The molecule has 2 rings (SSSR count). The smallest absolute Gasteiger partial charge is 0.127 e. The molecule has 4 heteroatoms. The van der Waals surface area contributed by atoms with E-state index in [1.165, 1.54) is 0 Å². The van der Waals surface area contributed by atoms with Crippen LogP contribution in [0.2, 0.25) is 0 Å². The van der Waals surface area contributed by atoms with Crippen LogP contribution in [0.5, 0.6) is 11.5 Å². The van der Waals surface area contributed by atoms with E-state index < -0.39 is 6.10 Å². The highest BCUT2D eigenvalue weighted by molar-refractivity contribution is 5.40. The van der Waals surface area contributed by atoms with E-state index in [0.717, 1.165) is 11.1 Å². The average molecular weight is 288 g/mol. The SMILES string of the molecule is COc1cccc(C(O)COc2c(C)cccc2CO)c1. The van der Waals surface area contributed by atoms with Crippen LogP contribution in [0.4, 0.5) is 0 Å². The van der Waals surface area contributed by atoms with Crippen molar-refractivity contribution in [1.82, 2.24) is 0 Å². The van der Waals surface area contributed by atoms with E-state index in [-0.39, 0.29) is 13.2 Å². The number of rotatable bonds is 6. The Morgan fingerprint density at radius 1 is 1.14 bits per heavy atom. The molecule has 0 spiro atoms. The molecule has 1 unspecified atom stereocenters. The number of ether oxygens (including phenoxy) is 2. The first-order chi connectivity index (χ1) is 10.2. The lowest BCUT2D eigenvalue weighted by Crippen LogP contribution is -2.11. The van der Waals surface area contributed by atoms with Gasteiger partial charge in [-0.25, -0.2) is 0 Å². The summed E-state index contributed by atoms with van der Waals surface area (Å²) < 4.78 is 10.8. The lowest BCUT2D eigenvalue weighted by Gasteiger charge is -2.17. The predicted molar refractivity (Wildman–Crippen MR) is 80.6 cm³/mol. The molecule has 0 radical (unpaired) electrons. The molecule has 2 N–H and O–H groups in total. The normalized spacial score (nSPS) is 12.0. The van der Waals surface area contributed by atoms with Crippen LogP contribution >= 0.6 is 0 Å². The molecule has 1 atom stereocenters. The number of methoxy groups -OCH3 is 1. The van der Waals surface area contributed by atoms with E-state index in [0.29, 0.717) is 17.1 Å². The van der Waals surface area contributed by atoms with Crippen molar-refractivity contribution >= 4 is 0 Å². The fraction of sp³-hybridized carbons (Fsp3) is 0.294. The molecule has 0 aliphatic carbocycles. The van der Waals surface area contributed by atoms with Crippen LogP contribution in [-0.2, 0) is 6.61 Å². The van der Waals surface area contributed by atoms with Gasteiger partial charge in [0.25, 0.3) is 0 Å². The van der Waals surface area contributed by atoms with Crippen molar-refractivity contribution in [3.63, 3.8) is 0 Å². The molecule has 2 aromatic rings. The first-order valence-corrected chi connectivity index (χ1v) is 6.80. The Morgan fingerprint density at radius 2 is 1.90 bits per heavy atom. The van der Waals surface area contributed by atoms with Crippen LogP contribution in [0.1, 0.15) is 22.8 Å². The minimum absolute atomic E-state index is 0.0910. The highest BCUT2D eigenvalue weighted by Crippen LogP contribution is 2.26. The maximum atomic E-state index is 10.2. The molecular formula is C17H20O4. The molecule has 0 saturated heterocycles. The fourth-order valence-corrected chi connectivity index (χ4v) is 2.15. The predicted octanol–water partition coefficient (Wildman–Crippen LogP) is 2.61. The molecule has 0 fully saturated rings. The first kappa shape index (κ1) is 15.4. The topological polar surface area (TPSA) is 58.9 Å². The van der Waals surface area contributed by atoms with Crippen LogP contribution in [-0.4, -0.2) is 23.9 Å². The third kappa shape index (κ3) is 3.74. The molecule has 0 aliphatic heterocycles. The average Bonchev–Trinajstić information content (AvgIpc) is 2.53. The number of hydrogen-bond donors (Lipinski definition) is 2. The summed E-state index contributed by atoms with van der Waals surface area (Å²) >= 11 is 0. The van der Waals surface area contributed by atoms with Crippen molar-refractivity contribution in [3.05, 3.63) is 59.2 Å². The Hall–Kier alpha value is -2.04. The quantitative estimate of drug-likeness (QED) is 0.858. The van der Waals surface area contributed by atoms with Gasteiger partial charge in [-0.2, -0.15) is 0 Å². The number of para-hydroxylation sites is 1. The molecule has 112 valence electrons. The van der Waals surface area contributed by atoms with E-state index in [2.05, 4.69) is 0 Å². The number of aliphatic hydroxyl groups excluding tert-OH is 2.